The monoisotopic (exact) mass is 303 g/mol. The zero-order valence-electron chi connectivity index (χ0n) is 12.9. The molecule has 6 heteroatoms. The third kappa shape index (κ3) is 4.98. The fourth-order valence-corrected chi connectivity index (χ4v) is 2.39. The van der Waals surface area contributed by atoms with Crippen LogP contribution in [0.25, 0.3) is 0 Å². The van der Waals surface area contributed by atoms with Gasteiger partial charge in [-0.25, -0.2) is 13.2 Å². The molecule has 0 saturated carbocycles. The number of likely N-dealkylation sites (N-methyl/N-ethyl adjacent to an activating group) is 1. The maximum absolute atomic E-state index is 13.9. The highest BCUT2D eigenvalue weighted by Crippen LogP contribution is 2.25. The lowest BCUT2D eigenvalue weighted by atomic mass is 10.0. The summed E-state index contributed by atoms with van der Waals surface area (Å²) in [5.41, 5.74) is 5.85. The van der Waals surface area contributed by atoms with E-state index in [-0.39, 0.29) is 12.1 Å². The molecule has 3 nitrogen and oxygen atoms in total. The normalized spacial score (nSPS) is 13.2. The van der Waals surface area contributed by atoms with Crippen LogP contribution >= 0.6 is 0 Å². The molecular weight excluding hydrogens is 279 g/mol. The number of nitrogens with two attached hydrogens (primary N) is 1. The third-order valence-corrected chi connectivity index (χ3v) is 3.52. The standard InChI is InChI=1S/C15H24F3N3/c1-4-21(7-5-6-20(2)3)15(10-19)11-8-13(17)14(18)9-12(11)16/h8-9,15H,4-7,10,19H2,1-3H3. The van der Waals surface area contributed by atoms with E-state index < -0.39 is 23.5 Å². The molecule has 1 atom stereocenters. The van der Waals surface area contributed by atoms with Crippen LogP contribution in [0.2, 0.25) is 0 Å². The van der Waals surface area contributed by atoms with Crippen LogP contribution in [-0.4, -0.2) is 50.1 Å². The zero-order valence-corrected chi connectivity index (χ0v) is 12.9. The minimum Gasteiger partial charge on any atom is -0.329 e. The van der Waals surface area contributed by atoms with E-state index in [1.807, 2.05) is 25.9 Å². The van der Waals surface area contributed by atoms with Crippen LogP contribution in [0.4, 0.5) is 13.2 Å². The summed E-state index contributed by atoms with van der Waals surface area (Å²) in [5, 5.41) is 0. The molecule has 0 radical (unpaired) electrons. The number of halogens is 3. The van der Waals surface area contributed by atoms with E-state index in [9.17, 15) is 13.2 Å². The highest BCUT2D eigenvalue weighted by Gasteiger charge is 2.22. The maximum atomic E-state index is 13.9. The maximum Gasteiger partial charge on any atom is 0.161 e. The van der Waals surface area contributed by atoms with Gasteiger partial charge in [0.2, 0.25) is 0 Å². The van der Waals surface area contributed by atoms with Crippen molar-refractivity contribution in [2.75, 3.05) is 40.3 Å². The lowest BCUT2D eigenvalue weighted by Gasteiger charge is -2.30. The Labute approximate surface area is 124 Å². The van der Waals surface area contributed by atoms with Crippen molar-refractivity contribution in [1.82, 2.24) is 9.80 Å². The molecular formula is C15H24F3N3. The Morgan fingerprint density at radius 2 is 1.67 bits per heavy atom. The van der Waals surface area contributed by atoms with E-state index >= 15 is 0 Å². The van der Waals surface area contributed by atoms with E-state index in [4.69, 9.17) is 5.73 Å². The number of nitrogens with zero attached hydrogens (tertiary/aromatic N) is 2. The highest BCUT2D eigenvalue weighted by atomic mass is 19.2. The Hall–Kier alpha value is -1.11. The van der Waals surface area contributed by atoms with Gasteiger partial charge in [0.05, 0.1) is 0 Å². The fourth-order valence-electron chi connectivity index (χ4n) is 2.39. The van der Waals surface area contributed by atoms with Crippen molar-refractivity contribution in [3.63, 3.8) is 0 Å². The topological polar surface area (TPSA) is 32.5 Å². The molecule has 0 heterocycles. The molecule has 0 aliphatic carbocycles. The van der Waals surface area contributed by atoms with Gasteiger partial charge in [0.1, 0.15) is 5.82 Å². The molecule has 0 aromatic heterocycles. The molecule has 120 valence electrons. The average molecular weight is 303 g/mol. The fraction of sp³-hybridized carbons (Fsp3) is 0.600. The van der Waals surface area contributed by atoms with Crippen molar-refractivity contribution >= 4 is 0 Å². The summed E-state index contributed by atoms with van der Waals surface area (Å²) in [4.78, 5) is 4.04. The number of hydrogen-bond acceptors (Lipinski definition) is 3. The lowest BCUT2D eigenvalue weighted by Crippen LogP contribution is -2.36. The molecule has 21 heavy (non-hydrogen) atoms. The molecule has 2 N–H and O–H groups in total. The second kappa shape index (κ2) is 8.36. The molecule has 0 aliphatic rings. The summed E-state index contributed by atoms with van der Waals surface area (Å²) in [6.45, 7) is 4.37. The van der Waals surface area contributed by atoms with Gasteiger partial charge in [0.15, 0.2) is 11.6 Å². The summed E-state index contributed by atoms with van der Waals surface area (Å²) in [6.07, 6.45) is 0.892. The van der Waals surface area contributed by atoms with Gasteiger partial charge >= 0.3 is 0 Å². The number of benzene rings is 1. The molecule has 1 rings (SSSR count). The Morgan fingerprint density at radius 3 is 2.19 bits per heavy atom. The van der Waals surface area contributed by atoms with Crippen molar-refractivity contribution in [3.8, 4) is 0 Å². The first-order chi connectivity index (χ1) is 9.90. The second-order valence-electron chi connectivity index (χ2n) is 5.32. The first-order valence-corrected chi connectivity index (χ1v) is 7.14. The molecule has 0 spiro atoms. The third-order valence-electron chi connectivity index (χ3n) is 3.52. The van der Waals surface area contributed by atoms with Crippen LogP contribution in [0.5, 0.6) is 0 Å². The first-order valence-electron chi connectivity index (χ1n) is 7.14. The summed E-state index contributed by atoms with van der Waals surface area (Å²) in [7, 11) is 3.96. The largest absolute Gasteiger partial charge is 0.329 e. The van der Waals surface area contributed by atoms with Crippen LogP contribution in [0.1, 0.15) is 24.9 Å². The molecule has 1 unspecified atom stereocenters. The van der Waals surface area contributed by atoms with E-state index in [2.05, 4.69) is 4.90 Å². The molecule has 1 aromatic rings. The minimum atomic E-state index is -1.18. The second-order valence-corrected chi connectivity index (χ2v) is 5.32. The van der Waals surface area contributed by atoms with Gasteiger partial charge < -0.3 is 10.6 Å². The van der Waals surface area contributed by atoms with Gasteiger partial charge in [-0.05, 0) is 39.7 Å². The van der Waals surface area contributed by atoms with Crippen molar-refractivity contribution in [3.05, 3.63) is 35.1 Å². The Kier molecular flexibility index (Phi) is 7.14. The molecule has 0 fully saturated rings. The predicted molar refractivity (Wildman–Crippen MR) is 78.5 cm³/mol. The SMILES string of the molecule is CCN(CCCN(C)C)C(CN)c1cc(F)c(F)cc1F. The van der Waals surface area contributed by atoms with Crippen molar-refractivity contribution in [1.29, 1.82) is 0 Å². The quantitative estimate of drug-likeness (QED) is 0.748. The molecule has 0 amide bonds. The van der Waals surface area contributed by atoms with Crippen molar-refractivity contribution in [2.24, 2.45) is 5.73 Å². The lowest BCUT2D eigenvalue weighted by molar-refractivity contribution is 0.197. The average Bonchev–Trinajstić information content (AvgIpc) is 2.42. The molecule has 0 aliphatic heterocycles. The van der Waals surface area contributed by atoms with Gasteiger partial charge in [-0.1, -0.05) is 6.92 Å². The van der Waals surface area contributed by atoms with Crippen molar-refractivity contribution in [2.45, 2.75) is 19.4 Å². The van der Waals surface area contributed by atoms with Crippen LogP contribution < -0.4 is 5.73 Å². The van der Waals surface area contributed by atoms with Gasteiger partial charge in [0, 0.05) is 30.8 Å². The summed E-state index contributed by atoms with van der Waals surface area (Å²) in [5.74, 6) is -2.98. The number of rotatable bonds is 8. The van der Waals surface area contributed by atoms with Crippen LogP contribution in [0, 0.1) is 17.5 Å². The van der Waals surface area contributed by atoms with Gasteiger partial charge in [-0.15, -0.1) is 0 Å². The highest BCUT2D eigenvalue weighted by molar-refractivity contribution is 5.24. The summed E-state index contributed by atoms with van der Waals surface area (Å²) in [6, 6.07) is 1.05. The van der Waals surface area contributed by atoms with Crippen LogP contribution in [-0.2, 0) is 0 Å². The summed E-state index contributed by atoms with van der Waals surface area (Å²) >= 11 is 0. The van der Waals surface area contributed by atoms with Crippen LogP contribution in [0.3, 0.4) is 0 Å². The Bertz CT molecular complexity index is 452. The zero-order chi connectivity index (χ0) is 16.0. The molecule has 1 aromatic carbocycles. The van der Waals surface area contributed by atoms with E-state index in [1.54, 1.807) is 0 Å². The first kappa shape index (κ1) is 17.9. The van der Waals surface area contributed by atoms with Crippen molar-refractivity contribution < 1.29 is 13.2 Å². The predicted octanol–water partition coefficient (Wildman–Crippen LogP) is 2.38. The van der Waals surface area contributed by atoms with Gasteiger partial charge in [-0.2, -0.15) is 0 Å². The van der Waals surface area contributed by atoms with E-state index in [1.165, 1.54) is 0 Å². The molecule has 0 bridgehead atoms. The van der Waals surface area contributed by atoms with E-state index in [0.29, 0.717) is 12.6 Å². The van der Waals surface area contributed by atoms with Gasteiger partial charge in [-0.3, -0.25) is 4.90 Å². The number of hydrogen-bond donors (Lipinski definition) is 1. The summed E-state index contributed by atoms with van der Waals surface area (Å²) < 4.78 is 40.3. The Balaban J connectivity index is 2.91. The van der Waals surface area contributed by atoms with Crippen LogP contribution in [0.15, 0.2) is 12.1 Å². The molecule has 0 saturated heterocycles. The Morgan fingerprint density at radius 1 is 1.05 bits per heavy atom. The smallest absolute Gasteiger partial charge is 0.161 e. The van der Waals surface area contributed by atoms with E-state index in [0.717, 1.165) is 25.6 Å². The minimum absolute atomic E-state index is 0.114. The van der Waals surface area contributed by atoms with Gasteiger partial charge in [0.25, 0.3) is 0 Å².